The van der Waals surface area contributed by atoms with Crippen LogP contribution in [-0.2, 0) is 21.1 Å². The van der Waals surface area contributed by atoms with Crippen LogP contribution in [0, 0.1) is 0 Å². The van der Waals surface area contributed by atoms with Crippen molar-refractivity contribution in [2.45, 2.75) is 0 Å². The highest BCUT2D eigenvalue weighted by Gasteiger charge is 2.19. The van der Waals surface area contributed by atoms with Crippen molar-refractivity contribution in [1.29, 1.82) is 0 Å². The SMILES string of the molecule is CS(=O)(=O)CN(c1cc(Br)cc(NC(=O)c2cccs2)c1)S(=O)O. The van der Waals surface area contributed by atoms with Crippen LogP contribution in [0.1, 0.15) is 9.67 Å². The molecular weight excluding hydrogens is 440 g/mol. The number of hydrogen-bond donors (Lipinski definition) is 2. The maximum Gasteiger partial charge on any atom is 0.265 e. The Bertz CT molecular complexity index is 868. The molecule has 130 valence electrons. The molecule has 1 amide bonds. The Balaban J connectivity index is 2.33. The first-order chi connectivity index (χ1) is 11.2. The molecule has 24 heavy (non-hydrogen) atoms. The van der Waals surface area contributed by atoms with Gasteiger partial charge in [0.1, 0.15) is 5.88 Å². The number of amides is 1. The van der Waals surface area contributed by atoms with Crippen LogP contribution in [-0.4, -0.2) is 35.2 Å². The van der Waals surface area contributed by atoms with Gasteiger partial charge in [-0.1, -0.05) is 22.0 Å². The molecule has 1 aromatic carbocycles. The van der Waals surface area contributed by atoms with E-state index in [-0.39, 0.29) is 11.6 Å². The van der Waals surface area contributed by atoms with Gasteiger partial charge in [-0.3, -0.25) is 13.7 Å². The minimum Gasteiger partial charge on any atom is -0.321 e. The van der Waals surface area contributed by atoms with Gasteiger partial charge in [0.05, 0.1) is 10.6 Å². The number of sulfone groups is 1. The fraction of sp³-hybridized carbons (Fsp3) is 0.154. The summed E-state index contributed by atoms with van der Waals surface area (Å²) in [5, 5.41) is 4.43. The summed E-state index contributed by atoms with van der Waals surface area (Å²) >= 11 is 1.98. The number of hydrogen-bond acceptors (Lipinski definition) is 5. The molecule has 0 spiro atoms. The molecule has 2 N–H and O–H groups in total. The van der Waals surface area contributed by atoms with Crippen LogP contribution in [0.4, 0.5) is 11.4 Å². The topological polar surface area (TPSA) is 104 Å². The van der Waals surface area contributed by atoms with Crippen LogP contribution < -0.4 is 9.62 Å². The number of anilines is 2. The lowest BCUT2D eigenvalue weighted by Crippen LogP contribution is -2.31. The highest BCUT2D eigenvalue weighted by atomic mass is 79.9. The zero-order valence-electron chi connectivity index (χ0n) is 12.3. The number of benzene rings is 1. The lowest BCUT2D eigenvalue weighted by atomic mass is 10.2. The summed E-state index contributed by atoms with van der Waals surface area (Å²) in [6.45, 7) is 0. The van der Waals surface area contributed by atoms with E-state index in [0.717, 1.165) is 10.6 Å². The van der Waals surface area contributed by atoms with E-state index in [2.05, 4.69) is 21.2 Å². The Labute approximate surface area is 154 Å². The standard InChI is InChI=1S/C13H13BrN2O5S3/c1-24(20,21)8-16(23(18)19)11-6-9(14)5-10(7-11)15-13(17)12-3-2-4-22-12/h2-7H,8H2,1H3,(H,15,17)(H,18,19). The number of carbonyl (C=O) groups is 1. The van der Waals surface area contributed by atoms with Crippen LogP contribution >= 0.6 is 27.3 Å². The van der Waals surface area contributed by atoms with Gasteiger partial charge in [0.15, 0.2) is 9.84 Å². The fourth-order valence-corrected chi connectivity index (χ4v) is 4.71. The molecule has 1 unspecified atom stereocenters. The summed E-state index contributed by atoms with van der Waals surface area (Å²) < 4.78 is 45.1. The van der Waals surface area contributed by atoms with Crippen LogP contribution in [0.25, 0.3) is 0 Å². The third-order valence-electron chi connectivity index (χ3n) is 2.71. The van der Waals surface area contributed by atoms with Crippen LogP contribution in [0.2, 0.25) is 0 Å². The molecule has 0 aliphatic rings. The van der Waals surface area contributed by atoms with Gasteiger partial charge in [-0.2, -0.15) is 0 Å². The number of carbonyl (C=O) groups excluding carboxylic acids is 1. The van der Waals surface area contributed by atoms with Gasteiger partial charge in [-0.15, -0.1) is 11.3 Å². The van der Waals surface area contributed by atoms with Gasteiger partial charge in [0, 0.05) is 16.4 Å². The molecule has 1 aromatic heterocycles. The van der Waals surface area contributed by atoms with Crippen LogP contribution in [0.5, 0.6) is 0 Å². The maximum absolute atomic E-state index is 12.1. The largest absolute Gasteiger partial charge is 0.321 e. The Morgan fingerprint density at radius 3 is 2.67 bits per heavy atom. The molecule has 0 aliphatic heterocycles. The smallest absolute Gasteiger partial charge is 0.265 e. The number of halogens is 1. The highest BCUT2D eigenvalue weighted by Crippen LogP contribution is 2.27. The average molecular weight is 453 g/mol. The Morgan fingerprint density at radius 1 is 1.42 bits per heavy atom. The first-order valence-corrected chi connectivity index (χ1v) is 11.2. The normalized spacial score (nSPS) is 12.6. The summed E-state index contributed by atoms with van der Waals surface area (Å²) in [5.74, 6) is -0.959. The Hall–Kier alpha value is -1.27. The van der Waals surface area contributed by atoms with E-state index in [0.29, 0.717) is 15.0 Å². The second-order valence-electron chi connectivity index (χ2n) is 4.79. The lowest BCUT2D eigenvalue weighted by molar-refractivity contribution is 0.103. The Kier molecular flexibility index (Phi) is 6.15. The third-order valence-corrected chi connectivity index (χ3v) is 5.65. The molecule has 0 aliphatic carbocycles. The van der Waals surface area contributed by atoms with Gasteiger partial charge in [0.2, 0.25) is 0 Å². The van der Waals surface area contributed by atoms with E-state index in [1.165, 1.54) is 23.5 Å². The lowest BCUT2D eigenvalue weighted by Gasteiger charge is -2.20. The molecule has 1 atom stereocenters. The number of nitrogens with one attached hydrogen (secondary N) is 1. The van der Waals surface area contributed by atoms with Crippen LogP contribution in [0.15, 0.2) is 40.2 Å². The average Bonchev–Trinajstić information content (AvgIpc) is 2.97. The molecule has 0 saturated carbocycles. The summed E-state index contributed by atoms with van der Waals surface area (Å²) in [5.41, 5.74) is 0.541. The van der Waals surface area contributed by atoms with Crippen molar-refractivity contribution in [2.24, 2.45) is 0 Å². The minimum atomic E-state index is -3.53. The number of thiophene rings is 1. The molecule has 2 rings (SSSR count). The van der Waals surface area contributed by atoms with E-state index >= 15 is 0 Å². The summed E-state index contributed by atoms with van der Waals surface area (Å²) in [6.07, 6.45) is 0.963. The molecule has 1 heterocycles. The maximum atomic E-state index is 12.1. The van der Waals surface area contributed by atoms with Gasteiger partial charge < -0.3 is 5.32 Å². The van der Waals surface area contributed by atoms with E-state index in [9.17, 15) is 22.0 Å². The van der Waals surface area contributed by atoms with Gasteiger partial charge >= 0.3 is 0 Å². The molecule has 0 saturated heterocycles. The van der Waals surface area contributed by atoms with Crippen LogP contribution in [0.3, 0.4) is 0 Å². The van der Waals surface area contributed by atoms with E-state index in [1.54, 1.807) is 23.6 Å². The van der Waals surface area contributed by atoms with Crippen molar-refractivity contribution in [3.8, 4) is 0 Å². The van der Waals surface area contributed by atoms with Crippen molar-refractivity contribution in [3.63, 3.8) is 0 Å². The molecular formula is C13H13BrN2O5S3. The predicted octanol–water partition coefficient (Wildman–Crippen LogP) is 2.71. The molecule has 0 bridgehead atoms. The molecule has 7 nitrogen and oxygen atoms in total. The number of nitrogens with zero attached hydrogens (tertiary/aromatic N) is 1. The zero-order chi connectivity index (χ0) is 17.9. The highest BCUT2D eigenvalue weighted by molar-refractivity contribution is 9.10. The third kappa shape index (κ3) is 5.38. The van der Waals surface area contributed by atoms with Gasteiger partial charge in [-0.25, -0.2) is 12.6 Å². The second kappa shape index (κ2) is 7.74. The summed E-state index contributed by atoms with van der Waals surface area (Å²) in [6, 6.07) is 7.93. The zero-order valence-corrected chi connectivity index (χ0v) is 16.3. The van der Waals surface area contributed by atoms with E-state index in [4.69, 9.17) is 0 Å². The van der Waals surface area contributed by atoms with Crippen molar-refractivity contribution in [3.05, 3.63) is 45.1 Å². The molecule has 11 heteroatoms. The van der Waals surface area contributed by atoms with Crippen molar-refractivity contribution in [2.75, 3.05) is 21.8 Å². The van der Waals surface area contributed by atoms with Gasteiger partial charge in [0.25, 0.3) is 17.2 Å². The summed E-state index contributed by atoms with van der Waals surface area (Å²) in [7, 11) is -3.53. The summed E-state index contributed by atoms with van der Waals surface area (Å²) in [4.78, 5) is 12.6. The molecule has 0 radical (unpaired) electrons. The van der Waals surface area contributed by atoms with E-state index in [1.807, 2.05) is 0 Å². The Morgan fingerprint density at radius 2 is 2.12 bits per heavy atom. The first kappa shape index (κ1) is 19.1. The predicted molar refractivity (Wildman–Crippen MR) is 99.4 cm³/mol. The molecule has 2 aromatic rings. The monoisotopic (exact) mass is 452 g/mol. The van der Waals surface area contributed by atoms with E-state index < -0.39 is 27.0 Å². The molecule has 0 fully saturated rings. The van der Waals surface area contributed by atoms with Gasteiger partial charge in [-0.05, 0) is 29.6 Å². The fourth-order valence-electron chi connectivity index (χ4n) is 1.81. The number of rotatable bonds is 6. The quantitative estimate of drug-likeness (QED) is 0.655. The van der Waals surface area contributed by atoms with Crippen molar-refractivity contribution in [1.82, 2.24) is 0 Å². The first-order valence-electron chi connectivity index (χ1n) is 6.37. The minimum absolute atomic E-state index is 0.178. The van der Waals surface area contributed by atoms with Crippen molar-refractivity contribution >= 4 is 65.7 Å². The van der Waals surface area contributed by atoms with Crippen molar-refractivity contribution < 1.29 is 22.0 Å². The second-order valence-corrected chi connectivity index (χ2v) is 9.67.